The van der Waals surface area contributed by atoms with Crippen LogP contribution >= 0.6 is 0 Å². The third-order valence-corrected chi connectivity index (χ3v) is 4.36. The Morgan fingerprint density at radius 3 is 1.70 bits per heavy atom. The average Bonchev–Trinajstić information content (AvgIpc) is 2.44. The zero-order valence-electron chi connectivity index (χ0n) is 13.7. The summed E-state index contributed by atoms with van der Waals surface area (Å²) in [6, 6.07) is -1.18. The van der Waals surface area contributed by atoms with Gasteiger partial charge in [0.15, 0.2) is 0 Å². The number of aliphatic carboxylic acids is 2. The van der Waals surface area contributed by atoms with Crippen molar-refractivity contribution >= 4 is 11.9 Å². The van der Waals surface area contributed by atoms with Crippen molar-refractivity contribution in [3.63, 3.8) is 0 Å². The third kappa shape index (κ3) is 7.77. The number of carboxylic acid groups (broad SMARTS) is 2. The Kier molecular flexibility index (Phi) is 15.4. The van der Waals surface area contributed by atoms with Crippen molar-refractivity contribution in [1.29, 1.82) is 0 Å². The van der Waals surface area contributed by atoms with Crippen LogP contribution in [0.2, 0.25) is 0 Å². The molecule has 0 spiro atoms. The van der Waals surface area contributed by atoms with Crippen LogP contribution in [0.3, 0.4) is 0 Å². The number of quaternary nitrogens is 1. The molecule has 0 aromatic rings. The first-order chi connectivity index (χ1) is 9.75. The van der Waals surface area contributed by atoms with E-state index in [1.807, 2.05) is 20.8 Å². The summed E-state index contributed by atoms with van der Waals surface area (Å²) in [5.41, 5.74) is 7.06. The van der Waals surface area contributed by atoms with Gasteiger partial charge in [0.05, 0.1) is 19.6 Å². The summed E-state index contributed by atoms with van der Waals surface area (Å²) >= 11 is 0. The van der Waals surface area contributed by atoms with Gasteiger partial charge in [0.25, 0.3) is 6.04 Å². The summed E-state index contributed by atoms with van der Waals surface area (Å²) in [4.78, 5) is 22.0. The molecule has 1 aliphatic rings. The summed E-state index contributed by atoms with van der Waals surface area (Å²) in [5, 5.41) is 17.9. The van der Waals surface area contributed by atoms with Gasteiger partial charge in [-0.15, -0.1) is 0 Å². The molecule has 23 heavy (non-hydrogen) atoms. The Labute approximate surface area is 155 Å². The molecule has 0 aromatic carbocycles. The smallest absolute Gasteiger partial charge is 0.677 e. The number of carbonyl (C=O) groups is 2. The van der Waals surface area contributed by atoms with Crippen LogP contribution in [-0.2, 0) is 30.7 Å². The van der Waals surface area contributed by atoms with E-state index in [1.165, 1.54) is 6.42 Å². The molecule has 1 rings (SSSR count). The van der Waals surface area contributed by atoms with Crippen LogP contribution in [0.5, 0.6) is 0 Å². The third-order valence-electron chi connectivity index (χ3n) is 4.36. The second-order valence-electron chi connectivity index (χ2n) is 5.60. The fourth-order valence-corrected chi connectivity index (χ4v) is 2.62. The van der Waals surface area contributed by atoms with Gasteiger partial charge in [0, 0.05) is 0 Å². The zero-order chi connectivity index (χ0) is 16.6. The van der Waals surface area contributed by atoms with E-state index in [1.54, 1.807) is 0 Å². The minimum atomic E-state index is -1.35. The Bertz CT molecular complexity index is 327. The van der Waals surface area contributed by atoms with E-state index in [0.29, 0.717) is 25.6 Å². The van der Waals surface area contributed by atoms with E-state index in [0.717, 1.165) is 12.8 Å². The zero-order valence-corrected chi connectivity index (χ0v) is 15.9. The van der Waals surface area contributed by atoms with Crippen molar-refractivity contribution in [2.24, 2.45) is 5.92 Å². The number of carboxylic acids is 2. The maximum absolute atomic E-state index is 11.0. The molecule has 0 aromatic heterocycles. The van der Waals surface area contributed by atoms with Gasteiger partial charge in [-0.1, -0.05) is 27.2 Å². The van der Waals surface area contributed by atoms with Crippen LogP contribution in [0.4, 0.5) is 0 Å². The van der Waals surface area contributed by atoms with Crippen LogP contribution in [0.15, 0.2) is 0 Å². The molecule has 1 saturated carbocycles. The normalized spacial score (nSPS) is 19.4. The molecule has 0 heterocycles. The minimum absolute atomic E-state index is 0. The molecule has 0 amide bonds. The Balaban J connectivity index is -0.000000421. The molecule has 2 atom stereocenters. The summed E-state index contributed by atoms with van der Waals surface area (Å²) in [6.45, 7) is 11.0. The van der Waals surface area contributed by atoms with Crippen molar-refractivity contribution in [3.05, 3.63) is 12.7 Å². The number of nitrogens with one attached hydrogen (secondary N) is 1. The molecule has 1 fully saturated rings. The summed E-state index contributed by atoms with van der Waals surface area (Å²) < 4.78 is 0.112. The maximum Gasteiger partial charge on any atom is 2.00 e. The number of hydrogen-bond acceptors (Lipinski definition) is 2. The standard InChI is InChI=1S/C10H19NO4.C5H9N.CH4.Pt/c1-4-7-11(5-2,6-3)8(9(12)13)10(14)15;1-4-2-3-5(4)6;;/h8H,4-7H2,1-3H3,(H-,12,13,14,15);4-6H,1-3H2;1H4;/q;-2;;+2/p+1. The minimum Gasteiger partial charge on any atom is -0.677 e. The van der Waals surface area contributed by atoms with E-state index in [4.69, 9.17) is 15.9 Å². The molecule has 0 saturated heterocycles. The first kappa shape index (κ1) is 27.4. The number of nitrogens with zero attached hydrogens (tertiary/aromatic N) is 1. The predicted molar refractivity (Wildman–Crippen MR) is 88.5 cm³/mol. The Hall–Kier alpha value is -0.452. The largest absolute Gasteiger partial charge is 2.00 e. The van der Waals surface area contributed by atoms with Gasteiger partial charge in [0.1, 0.15) is 0 Å². The van der Waals surface area contributed by atoms with Crippen molar-refractivity contribution in [2.75, 3.05) is 19.6 Å². The van der Waals surface area contributed by atoms with Crippen LogP contribution in [0.25, 0.3) is 5.73 Å². The molecule has 140 valence electrons. The molecule has 0 bridgehead atoms. The van der Waals surface area contributed by atoms with E-state index >= 15 is 0 Å². The summed E-state index contributed by atoms with van der Waals surface area (Å²) in [6.07, 6.45) is 3.03. The first-order valence-corrected chi connectivity index (χ1v) is 7.61. The number of rotatable bonds is 7. The molecular weight excluding hydrogens is 479 g/mol. The van der Waals surface area contributed by atoms with Crippen molar-refractivity contribution in [1.82, 2.24) is 0 Å². The van der Waals surface area contributed by atoms with Crippen molar-refractivity contribution in [3.8, 4) is 0 Å². The fraction of sp³-hybridized carbons (Fsp3) is 0.812. The average molecular weight is 513 g/mol. The summed E-state index contributed by atoms with van der Waals surface area (Å²) in [7, 11) is 0. The quantitative estimate of drug-likeness (QED) is 0.311. The number of hydrogen-bond donors (Lipinski definition) is 2. The maximum atomic E-state index is 11.0. The van der Waals surface area contributed by atoms with Crippen molar-refractivity contribution < 1.29 is 45.4 Å². The van der Waals surface area contributed by atoms with Crippen LogP contribution in [-0.4, -0.2) is 58.4 Å². The van der Waals surface area contributed by atoms with Gasteiger partial charge in [0.2, 0.25) is 0 Å². The first-order valence-electron chi connectivity index (χ1n) is 7.61. The molecule has 0 radical (unpaired) electrons. The molecule has 6 nitrogen and oxygen atoms in total. The van der Waals surface area contributed by atoms with Crippen LogP contribution in [0, 0.1) is 12.8 Å². The van der Waals surface area contributed by atoms with Gasteiger partial charge in [-0.05, 0) is 20.3 Å². The molecule has 3 N–H and O–H groups in total. The SMILES string of the molecule is C.CCC[N+](CC)(CC)C(C(=O)O)C(=O)O.[CH2-]C1CCC1[NH-].[Pt+2]. The number of likely N-dealkylation sites (N-methyl/N-ethyl adjacent to an activating group) is 1. The second kappa shape index (κ2) is 12.9. The van der Waals surface area contributed by atoms with Crippen LogP contribution < -0.4 is 0 Å². The van der Waals surface area contributed by atoms with Gasteiger partial charge < -0.3 is 27.4 Å². The fourth-order valence-electron chi connectivity index (χ4n) is 2.62. The summed E-state index contributed by atoms with van der Waals surface area (Å²) in [5.74, 6) is -2.05. The molecule has 2 unspecified atom stereocenters. The Morgan fingerprint density at radius 1 is 1.17 bits per heavy atom. The van der Waals surface area contributed by atoms with E-state index in [2.05, 4.69) is 6.92 Å². The van der Waals surface area contributed by atoms with E-state index in [-0.39, 0.29) is 39.0 Å². The van der Waals surface area contributed by atoms with Crippen molar-refractivity contribution in [2.45, 2.75) is 59.5 Å². The molecule has 0 aliphatic heterocycles. The van der Waals surface area contributed by atoms with Gasteiger partial charge >= 0.3 is 33.0 Å². The van der Waals surface area contributed by atoms with E-state index in [9.17, 15) is 9.59 Å². The Morgan fingerprint density at radius 2 is 1.57 bits per heavy atom. The van der Waals surface area contributed by atoms with Crippen LogP contribution in [0.1, 0.15) is 47.5 Å². The monoisotopic (exact) mass is 512 g/mol. The van der Waals surface area contributed by atoms with Gasteiger partial charge in [-0.25, -0.2) is 9.59 Å². The molecular formula is C16H33N2O4Pt+. The second-order valence-corrected chi connectivity index (χ2v) is 5.60. The molecule has 1 aliphatic carbocycles. The topological polar surface area (TPSA) is 98.4 Å². The van der Waals surface area contributed by atoms with Gasteiger partial charge in [-0.2, -0.15) is 12.0 Å². The predicted octanol–water partition coefficient (Wildman–Crippen LogP) is 3.08. The van der Waals surface area contributed by atoms with Gasteiger partial charge in [-0.3, -0.25) is 0 Å². The van der Waals surface area contributed by atoms with E-state index < -0.39 is 18.0 Å². The molecule has 7 heteroatoms.